The van der Waals surface area contributed by atoms with E-state index < -0.39 is 15.8 Å². The monoisotopic (exact) mass is 378 g/mol. The summed E-state index contributed by atoms with van der Waals surface area (Å²) in [5, 5.41) is 0. The maximum Gasteiger partial charge on any atom is 0.248 e. The Labute approximate surface area is 148 Å². The zero-order valence-corrected chi connectivity index (χ0v) is 15.7. The summed E-state index contributed by atoms with van der Waals surface area (Å²) in [6.07, 6.45) is 5.06. The van der Waals surface area contributed by atoms with E-state index in [-0.39, 0.29) is 42.5 Å². The molecule has 1 saturated carbocycles. The van der Waals surface area contributed by atoms with Crippen LogP contribution in [-0.2, 0) is 14.6 Å². The van der Waals surface area contributed by atoms with Crippen molar-refractivity contribution in [2.45, 2.75) is 56.4 Å². The van der Waals surface area contributed by atoms with Crippen LogP contribution in [0.2, 0.25) is 0 Å². The van der Waals surface area contributed by atoms with Gasteiger partial charge in [0.2, 0.25) is 11.8 Å². The molecule has 0 aromatic heterocycles. The number of sulfone groups is 1. The Bertz CT molecular complexity index is 617. The first-order valence-electron chi connectivity index (χ1n) is 9.17. The van der Waals surface area contributed by atoms with E-state index in [9.17, 15) is 22.0 Å². The molecule has 5 nitrogen and oxygen atoms in total. The van der Waals surface area contributed by atoms with Crippen LogP contribution in [-0.4, -0.2) is 73.8 Å². The van der Waals surface area contributed by atoms with Gasteiger partial charge in [-0.2, -0.15) is 0 Å². The molecule has 0 aromatic rings. The molecule has 2 heterocycles. The minimum absolute atomic E-state index is 0.00135. The van der Waals surface area contributed by atoms with E-state index in [0.717, 1.165) is 38.8 Å². The van der Waals surface area contributed by atoms with Crippen molar-refractivity contribution in [3.63, 3.8) is 0 Å². The topological polar surface area (TPSA) is 57.7 Å². The highest BCUT2D eigenvalue weighted by Gasteiger charge is 2.48. The number of rotatable bonds is 5. The molecule has 0 aromatic carbocycles. The summed E-state index contributed by atoms with van der Waals surface area (Å²) in [6.45, 7) is 2.65. The second kappa shape index (κ2) is 6.76. The van der Waals surface area contributed by atoms with Gasteiger partial charge in [0, 0.05) is 50.7 Å². The minimum atomic E-state index is -3.11. The van der Waals surface area contributed by atoms with E-state index in [1.165, 1.54) is 6.26 Å². The smallest absolute Gasteiger partial charge is 0.248 e. The van der Waals surface area contributed by atoms with Gasteiger partial charge in [0.1, 0.15) is 9.84 Å². The van der Waals surface area contributed by atoms with Crippen LogP contribution in [0.4, 0.5) is 8.78 Å². The Balaban J connectivity index is 1.59. The van der Waals surface area contributed by atoms with E-state index in [4.69, 9.17) is 0 Å². The van der Waals surface area contributed by atoms with Crippen molar-refractivity contribution in [3.8, 4) is 0 Å². The van der Waals surface area contributed by atoms with E-state index in [0.29, 0.717) is 13.0 Å². The number of hydrogen-bond acceptors (Lipinski definition) is 4. The fourth-order valence-electron chi connectivity index (χ4n) is 4.71. The molecule has 144 valence electrons. The fourth-order valence-corrected chi connectivity index (χ4v) is 5.22. The van der Waals surface area contributed by atoms with Crippen LogP contribution in [0.1, 0.15) is 44.9 Å². The van der Waals surface area contributed by atoms with E-state index >= 15 is 0 Å². The molecule has 0 radical (unpaired) electrons. The Morgan fingerprint density at radius 3 is 2.52 bits per heavy atom. The average Bonchev–Trinajstić information content (AvgIpc) is 2.63. The van der Waals surface area contributed by atoms with Crippen LogP contribution in [0.3, 0.4) is 0 Å². The van der Waals surface area contributed by atoms with Gasteiger partial charge >= 0.3 is 0 Å². The van der Waals surface area contributed by atoms with Crippen molar-refractivity contribution in [1.29, 1.82) is 0 Å². The summed E-state index contributed by atoms with van der Waals surface area (Å²) in [4.78, 5) is 16.4. The van der Waals surface area contributed by atoms with Gasteiger partial charge in [-0.15, -0.1) is 0 Å². The lowest BCUT2D eigenvalue weighted by atomic mass is 9.81. The van der Waals surface area contributed by atoms with E-state index in [2.05, 4.69) is 4.90 Å². The SMILES string of the molecule is CS(=O)(=O)CCN1C(=O)CC[C@]12CCCN(CC1CC(F)(F)C1)CC2. The molecule has 3 fully saturated rings. The molecule has 25 heavy (non-hydrogen) atoms. The molecule has 1 amide bonds. The largest absolute Gasteiger partial charge is 0.336 e. The molecule has 3 rings (SSSR count). The molecule has 1 aliphatic carbocycles. The van der Waals surface area contributed by atoms with Crippen LogP contribution in [0.5, 0.6) is 0 Å². The number of carbonyl (C=O) groups excluding carboxylic acids is 1. The summed E-state index contributed by atoms with van der Waals surface area (Å²) in [7, 11) is -3.11. The first-order valence-corrected chi connectivity index (χ1v) is 11.2. The second-order valence-corrected chi connectivity index (χ2v) is 10.4. The summed E-state index contributed by atoms with van der Waals surface area (Å²) in [5.74, 6) is -2.34. The summed E-state index contributed by atoms with van der Waals surface area (Å²) >= 11 is 0. The number of hydrogen-bond donors (Lipinski definition) is 0. The van der Waals surface area contributed by atoms with Crippen LogP contribution < -0.4 is 0 Å². The molecule has 8 heteroatoms. The maximum absolute atomic E-state index is 13.0. The van der Waals surface area contributed by atoms with Crippen molar-refractivity contribution in [2.24, 2.45) is 5.92 Å². The predicted molar refractivity (Wildman–Crippen MR) is 91.4 cm³/mol. The third-order valence-electron chi connectivity index (χ3n) is 6.06. The molecule has 0 unspecified atom stereocenters. The Kier molecular flexibility index (Phi) is 5.14. The highest BCUT2D eigenvalue weighted by molar-refractivity contribution is 7.90. The normalized spacial score (nSPS) is 31.3. The predicted octanol–water partition coefficient (Wildman–Crippen LogP) is 1.92. The van der Waals surface area contributed by atoms with Crippen molar-refractivity contribution in [2.75, 3.05) is 38.2 Å². The highest BCUT2D eigenvalue weighted by atomic mass is 32.2. The molecule has 1 atom stereocenters. The lowest BCUT2D eigenvalue weighted by Gasteiger charge is -2.39. The van der Waals surface area contributed by atoms with Crippen LogP contribution in [0, 0.1) is 5.92 Å². The van der Waals surface area contributed by atoms with Crippen LogP contribution in [0.15, 0.2) is 0 Å². The van der Waals surface area contributed by atoms with Crippen molar-refractivity contribution in [1.82, 2.24) is 9.80 Å². The van der Waals surface area contributed by atoms with Gasteiger partial charge in [-0.05, 0) is 38.1 Å². The lowest BCUT2D eigenvalue weighted by Crippen LogP contribution is -2.48. The van der Waals surface area contributed by atoms with Gasteiger partial charge in [-0.25, -0.2) is 17.2 Å². The molecule has 0 bridgehead atoms. The standard InChI is InChI=1S/C17H28F2N2O3S/c1-25(23,24)10-9-21-15(22)3-5-16(21)4-2-7-20(8-6-16)13-14-11-17(18,19)12-14/h14H,2-13H2,1H3/t16-/m0/s1. The maximum atomic E-state index is 13.0. The van der Waals surface area contributed by atoms with Crippen molar-refractivity contribution < 1.29 is 22.0 Å². The second-order valence-electron chi connectivity index (χ2n) is 8.18. The quantitative estimate of drug-likeness (QED) is 0.733. The van der Waals surface area contributed by atoms with E-state index in [1.54, 1.807) is 4.90 Å². The molecular weight excluding hydrogens is 350 g/mol. The summed E-state index contributed by atoms with van der Waals surface area (Å²) in [5.41, 5.74) is -0.236. The van der Waals surface area contributed by atoms with Crippen molar-refractivity contribution >= 4 is 15.7 Å². The highest BCUT2D eigenvalue weighted by Crippen LogP contribution is 2.44. The number of nitrogens with zero attached hydrogens (tertiary/aromatic N) is 2. The van der Waals surface area contributed by atoms with Gasteiger partial charge < -0.3 is 9.80 Å². The van der Waals surface area contributed by atoms with Gasteiger partial charge in [0.15, 0.2) is 0 Å². The Morgan fingerprint density at radius 1 is 1.16 bits per heavy atom. The van der Waals surface area contributed by atoms with Gasteiger partial charge in [-0.3, -0.25) is 4.79 Å². The number of halogens is 2. The molecule has 1 spiro atoms. The summed E-state index contributed by atoms with van der Waals surface area (Å²) < 4.78 is 49.0. The fraction of sp³-hybridized carbons (Fsp3) is 0.941. The lowest BCUT2D eigenvalue weighted by molar-refractivity contribution is -0.131. The van der Waals surface area contributed by atoms with E-state index in [1.807, 2.05) is 0 Å². The van der Waals surface area contributed by atoms with Gasteiger partial charge in [0.05, 0.1) is 5.75 Å². The summed E-state index contributed by atoms with van der Waals surface area (Å²) in [6, 6.07) is 0. The molecule has 3 aliphatic rings. The molecule has 2 aliphatic heterocycles. The number of amides is 1. The third kappa shape index (κ3) is 4.51. The average molecular weight is 378 g/mol. The van der Waals surface area contributed by atoms with Crippen molar-refractivity contribution in [3.05, 3.63) is 0 Å². The minimum Gasteiger partial charge on any atom is -0.336 e. The number of carbonyl (C=O) groups is 1. The Morgan fingerprint density at radius 2 is 1.88 bits per heavy atom. The Hall–Kier alpha value is -0.760. The molecular formula is C17H28F2N2O3S. The number of likely N-dealkylation sites (tertiary alicyclic amines) is 2. The van der Waals surface area contributed by atoms with Gasteiger partial charge in [0.25, 0.3) is 0 Å². The first-order chi connectivity index (χ1) is 11.6. The first kappa shape index (κ1) is 19.0. The third-order valence-corrected chi connectivity index (χ3v) is 6.99. The number of alkyl halides is 2. The molecule has 0 N–H and O–H groups in total. The molecule has 2 saturated heterocycles. The zero-order chi connectivity index (χ0) is 18.3. The van der Waals surface area contributed by atoms with Gasteiger partial charge in [-0.1, -0.05) is 0 Å². The van der Waals surface area contributed by atoms with Crippen LogP contribution >= 0.6 is 0 Å². The van der Waals surface area contributed by atoms with Crippen LogP contribution in [0.25, 0.3) is 0 Å². The zero-order valence-electron chi connectivity index (χ0n) is 14.8.